The Balaban J connectivity index is 2.32. The van der Waals surface area contributed by atoms with E-state index >= 15 is 0 Å². The molecule has 1 aromatic carbocycles. The first-order chi connectivity index (χ1) is 10.7. The second kappa shape index (κ2) is 7.89. The van der Waals surface area contributed by atoms with Gasteiger partial charge in [-0.1, -0.05) is 46.5 Å². The zero-order valence-corrected chi connectivity index (χ0v) is 14.5. The Morgan fingerprint density at radius 1 is 1.00 bits per heavy atom. The number of phenols is 1. The third-order valence-electron chi connectivity index (χ3n) is 5.07. The van der Waals surface area contributed by atoms with E-state index in [1.54, 1.807) is 6.07 Å². The van der Waals surface area contributed by atoms with Gasteiger partial charge in [0.25, 0.3) is 0 Å². The van der Waals surface area contributed by atoms with Crippen LogP contribution in [-0.2, 0) is 0 Å². The zero-order chi connectivity index (χ0) is 16.0. The van der Waals surface area contributed by atoms with Gasteiger partial charge in [0.1, 0.15) is 17.1 Å². The Kier molecular flexibility index (Phi) is 6.16. The third-order valence-corrected chi connectivity index (χ3v) is 5.07. The molecule has 0 aliphatic carbocycles. The number of ether oxygens (including phenoxy) is 1. The van der Waals surface area contributed by atoms with E-state index in [2.05, 4.69) is 20.8 Å². The van der Waals surface area contributed by atoms with Crippen LogP contribution < -0.4 is 4.74 Å². The van der Waals surface area contributed by atoms with E-state index < -0.39 is 0 Å². The van der Waals surface area contributed by atoms with Crippen LogP contribution in [0.5, 0.6) is 11.5 Å². The van der Waals surface area contributed by atoms with Gasteiger partial charge in [-0.2, -0.15) is 0 Å². The van der Waals surface area contributed by atoms with Gasteiger partial charge in [-0.25, -0.2) is 0 Å². The number of benzene rings is 1. The van der Waals surface area contributed by atoms with E-state index in [4.69, 9.17) is 4.74 Å². The van der Waals surface area contributed by atoms with Crippen LogP contribution in [0.1, 0.15) is 90.0 Å². The van der Waals surface area contributed by atoms with Crippen molar-refractivity contribution in [2.24, 2.45) is 0 Å². The minimum absolute atomic E-state index is 0.0443. The summed E-state index contributed by atoms with van der Waals surface area (Å²) in [6.45, 7) is 6.75. The van der Waals surface area contributed by atoms with Gasteiger partial charge in [-0.15, -0.1) is 0 Å². The summed E-state index contributed by atoms with van der Waals surface area (Å²) in [5.41, 5.74) is 1.19. The molecule has 22 heavy (non-hydrogen) atoms. The SMILES string of the molecule is CCCCC1c2cc(O)ccc2OC1(CCCC)CCCC. The molecule has 0 bridgehead atoms. The second-order valence-electron chi connectivity index (χ2n) is 6.79. The third kappa shape index (κ3) is 3.59. The number of phenolic OH excluding ortho intramolecular Hbond substituents is 1. The maximum Gasteiger partial charge on any atom is 0.124 e. The predicted molar refractivity (Wildman–Crippen MR) is 92.8 cm³/mol. The Morgan fingerprint density at radius 3 is 2.23 bits per heavy atom. The van der Waals surface area contributed by atoms with Crippen LogP contribution in [0.2, 0.25) is 0 Å². The molecule has 124 valence electrons. The van der Waals surface area contributed by atoms with Gasteiger partial charge in [0.15, 0.2) is 0 Å². The van der Waals surface area contributed by atoms with Gasteiger partial charge in [0, 0.05) is 11.5 Å². The van der Waals surface area contributed by atoms with Crippen LogP contribution in [0.15, 0.2) is 18.2 Å². The summed E-state index contributed by atoms with van der Waals surface area (Å²) < 4.78 is 6.55. The molecule has 1 heterocycles. The summed E-state index contributed by atoms with van der Waals surface area (Å²) in [6, 6.07) is 5.66. The van der Waals surface area contributed by atoms with Crippen LogP contribution in [0.4, 0.5) is 0 Å². The minimum Gasteiger partial charge on any atom is -0.508 e. The number of unbranched alkanes of at least 4 members (excludes halogenated alkanes) is 3. The average Bonchev–Trinajstić information content (AvgIpc) is 2.82. The Morgan fingerprint density at radius 2 is 1.64 bits per heavy atom. The molecule has 1 unspecified atom stereocenters. The lowest BCUT2D eigenvalue weighted by Gasteiger charge is -2.35. The topological polar surface area (TPSA) is 29.5 Å². The molecule has 0 saturated heterocycles. The molecular formula is C20H32O2. The normalized spacial score (nSPS) is 19.0. The predicted octanol–water partition coefficient (Wildman–Crippen LogP) is 6.18. The highest BCUT2D eigenvalue weighted by Crippen LogP contribution is 2.52. The molecule has 0 fully saturated rings. The van der Waals surface area contributed by atoms with E-state index in [1.165, 1.54) is 50.5 Å². The fourth-order valence-electron chi connectivity index (χ4n) is 3.83. The molecule has 1 atom stereocenters. The van der Waals surface area contributed by atoms with Crippen molar-refractivity contribution in [2.45, 2.75) is 90.1 Å². The second-order valence-corrected chi connectivity index (χ2v) is 6.79. The van der Waals surface area contributed by atoms with Crippen molar-refractivity contribution in [2.75, 3.05) is 0 Å². The summed E-state index contributed by atoms with van der Waals surface area (Å²) in [4.78, 5) is 0. The number of aromatic hydroxyl groups is 1. The standard InChI is InChI=1S/C20H32O2/c1-4-7-10-18-17-15-16(21)11-12-19(17)22-20(18,13-8-5-2)14-9-6-3/h11-12,15,18,21H,4-10,13-14H2,1-3H3. The van der Waals surface area contributed by atoms with E-state index in [-0.39, 0.29) is 5.60 Å². The molecule has 1 aliphatic rings. The van der Waals surface area contributed by atoms with Crippen LogP contribution >= 0.6 is 0 Å². The highest BCUT2D eigenvalue weighted by Gasteiger charge is 2.46. The molecule has 1 N–H and O–H groups in total. The lowest BCUT2D eigenvalue weighted by atomic mass is 9.75. The van der Waals surface area contributed by atoms with E-state index in [1.807, 2.05) is 12.1 Å². The summed E-state index contributed by atoms with van der Waals surface area (Å²) in [6.07, 6.45) is 10.7. The van der Waals surface area contributed by atoms with Crippen molar-refractivity contribution >= 4 is 0 Å². The molecule has 1 aliphatic heterocycles. The number of rotatable bonds is 9. The largest absolute Gasteiger partial charge is 0.508 e. The van der Waals surface area contributed by atoms with Gasteiger partial charge in [0.2, 0.25) is 0 Å². The van der Waals surface area contributed by atoms with Crippen molar-refractivity contribution in [1.82, 2.24) is 0 Å². The zero-order valence-electron chi connectivity index (χ0n) is 14.5. The van der Waals surface area contributed by atoms with Gasteiger partial charge < -0.3 is 9.84 Å². The van der Waals surface area contributed by atoms with Crippen molar-refractivity contribution < 1.29 is 9.84 Å². The van der Waals surface area contributed by atoms with Crippen LogP contribution in [0.25, 0.3) is 0 Å². The number of hydrogen-bond donors (Lipinski definition) is 1. The summed E-state index contributed by atoms with van der Waals surface area (Å²) >= 11 is 0. The molecule has 0 aromatic heterocycles. The van der Waals surface area contributed by atoms with Crippen LogP contribution in [0.3, 0.4) is 0 Å². The Bertz CT molecular complexity index is 459. The number of fused-ring (bicyclic) bond motifs is 1. The summed E-state index contributed by atoms with van der Waals surface area (Å²) in [7, 11) is 0. The van der Waals surface area contributed by atoms with Crippen molar-refractivity contribution in [3.8, 4) is 11.5 Å². The summed E-state index contributed by atoms with van der Waals surface area (Å²) in [5, 5.41) is 9.91. The summed E-state index contributed by atoms with van der Waals surface area (Å²) in [5.74, 6) is 1.81. The maximum absolute atomic E-state index is 9.91. The van der Waals surface area contributed by atoms with Crippen LogP contribution in [0, 0.1) is 0 Å². The monoisotopic (exact) mass is 304 g/mol. The number of hydrogen-bond acceptors (Lipinski definition) is 2. The molecule has 0 saturated carbocycles. The first-order valence-electron chi connectivity index (χ1n) is 9.18. The quantitative estimate of drug-likeness (QED) is 0.590. The molecule has 2 heteroatoms. The van der Waals surface area contributed by atoms with Gasteiger partial charge >= 0.3 is 0 Å². The first kappa shape index (κ1) is 17.2. The minimum atomic E-state index is -0.0443. The van der Waals surface area contributed by atoms with Gasteiger partial charge in [-0.3, -0.25) is 0 Å². The van der Waals surface area contributed by atoms with E-state index in [9.17, 15) is 5.11 Å². The van der Waals surface area contributed by atoms with Crippen molar-refractivity contribution in [3.05, 3.63) is 23.8 Å². The smallest absolute Gasteiger partial charge is 0.124 e. The fraction of sp³-hybridized carbons (Fsp3) is 0.700. The molecular weight excluding hydrogens is 272 g/mol. The van der Waals surface area contributed by atoms with Gasteiger partial charge in [0.05, 0.1) is 0 Å². The fourth-order valence-corrected chi connectivity index (χ4v) is 3.83. The molecule has 2 rings (SSSR count). The van der Waals surface area contributed by atoms with Gasteiger partial charge in [-0.05, 0) is 50.3 Å². The highest BCUT2D eigenvalue weighted by atomic mass is 16.5. The molecule has 0 amide bonds. The average molecular weight is 304 g/mol. The highest BCUT2D eigenvalue weighted by molar-refractivity contribution is 5.47. The first-order valence-corrected chi connectivity index (χ1v) is 9.18. The lowest BCUT2D eigenvalue weighted by Crippen LogP contribution is -2.38. The maximum atomic E-state index is 9.91. The molecule has 0 radical (unpaired) electrons. The van der Waals surface area contributed by atoms with Crippen LogP contribution in [-0.4, -0.2) is 10.7 Å². The van der Waals surface area contributed by atoms with E-state index in [0.29, 0.717) is 11.7 Å². The Labute approximate surface area is 135 Å². The van der Waals surface area contributed by atoms with E-state index in [0.717, 1.165) is 18.6 Å². The Hall–Kier alpha value is -1.18. The molecule has 2 nitrogen and oxygen atoms in total. The lowest BCUT2D eigenvalue weighted by molar-refractivity contribution is 0.0409. The molecule has 0 spiro atoms. The van der Waals surface area contributed by atoms with Crippen molar-refractivity contribution in [1.29, 1.82) is 0 Å². The molecule has 1 aromatic rings. The van der Waals surface area contributed by atoms with Crippen molar-refractivity contribution in [3.63, 3.8) is 0 Å².